The average molecular weight is 247 g/mol. The summed E-state index contributed by atoms with van der Waals surface area (Å²) in [6.07, 6.45) is 1.24. The molecule has 0 aromatic carbocycles. The number of rotatable bonds is 1. The topological polar surface area (TPSA) is 38.0 Å². The number of nitrogens with one attached hydrogen (secondary N) is 1. The molecule has 0 spiro atoms. The Labute approximate surface area is 84.3 Å². The highest BCUT2D eigenvalue weighted by Gasteiger charge is 2.19. The Bertz CT molecular complexity index is 259. The summed E-state index contributed by atoms with van der Waals surface area (Å²) in [5, 5.41) is 4.25. The van der Waals surface area contributed by atoms with Crippen LogP contribution in [0.25, 0.3) is 0 Å². The van der Waals surface area contributed by atoms with Crippen LogP contribution in [0.3, 0.4) is 0 Å². The number of thiophene rings is 1. The van der Waals surface area contributed by atoms with Gasteiger partial charge in [-0.15, -0.1) is 11.3 Å². The maximum Gasteiger partial charge on any atom is 0.100 e. The van der Waals surface area contributed by atoms with Gasteiger partial charge in [0.2, 0.25) is 0 Å². The Morgan fingerprint density at radius 3 is 3.00 bits per heavy atom. The molecule has 0 bridgehead atoms. The van der Waals surface area contributed by atoms with Crippen LogP contribution in [0.2, 0.25) is 0 Å². The monoisotopic (exact) mass is 246 g/mol. The van der Waals surface area contributed by atoms with Crippen LogP contribution < -0.4 is 11.1 Å². The Morgan fingerprint density at radius 1 is 1.67 bits per heavy atom. The predicted molar refractivity (Wildman–Crippen MR) is 56.7 cm³/mol. The van der Waals surface area contributed by atoms with Crippen LogP contribution >= 0.6 is 27.3 Å². The molecular weight excluding hydrogens is 236 g/mol. The third-order valence-electron chi connectivity index (χ3n) is 2.19. The van der Waals surface area contributed by atoms with E-state index in [-0.39, 0.29) is 0 Å². The fraction of sp³-hybridized carbons (Fsp3) is 0.500. The molecule has 0 amide bonds. The van der Waals surface area contributed by atoms with E-state index in [1.54, 1.807) is 11.3 Å². The zero-order valence-corrected chi connectivity index (χ0v) is 9.04. The summed E-state index contributed by atoms with van der Waals surface area (Å²) >= 11 is 5.13. The lowest BCUT2D eigenvalue weighted by Gasteiger charge is -2.02. The minimum atomic E-state index is 0.684. The summed E-state index contributed by atoms with van der Waals surface area (Å²) in [6, 6.07) is 2.15. The van der Waals surface area contributed by atoms with Crippen molar-refractivity contribution in [2.45, 2.75) is 12.3 Å². The highest BCUT2D eigenvalue weighted by atomic mass is 79.9. The normalized spacial score (nSPS) is 23.2. The Balaban J connectivity index is 2.21. The fourth-order valence-electron chi connectivity index (χ4n) is 1.50. The lowest BCUT2D eigenvalue weighted by molar-refractivity contribution is 0.779. The minimum absolute atomic E-state index is 0.684. The van der Waals surface area contributed by atoms with Gasteiger partial charge in [-0.1, -0.05) is 0 Å². The van der Waals surface area contributed by atoms with Crippen molar-refractivity contribution in [1.29, 1.82) is 0 Å². The van der Waals surface area contributed by atoms with Gasteiger partial charge in [0.1, 0.15) is 5.00 Å². The lowest BCUT2D eigenvalue weighted by atomic mass is 10.1. The summed E-state index contributed by atoms with van der Waals surface area (Å²) in [4.78, 5) is 1.41. The highest BCUT2D eigenvalue weighted by Crippen LogP contribution is 2.36. The summed E-state index contributed by atoms with van der Waals surface area (Å²) in [5.74, 6) is 0.684. The summed E-state index contributed by atoms with van der Waals surface area (Å²) < 4.78 is 1.05. The Morgan fingerprint density at radius 2 is 2.50 bits per heavy atom. The van der Waals surface area contributed by atoms with Gasteiger partial charge < -0.3 is 11.1 Å². The summed E-state index contributed by atoms with van der Waals surface area (Å²) in [5.41, 5.74) is 5.76. The standard InChI is InChI=1S/C8H11BrN2S/c9-6-3-7(12-8(6)10)5-1-2-11-4-5/h3,5,11H,1-2,4,10H2. The van der Waals surface area contributed by atoms with Crippen LogP contribution in [0.4, 0.5) is 5.00 Å². The van der Waals surface area contributed by atoms with Gasteiger partial charge in [-0.05, 0) is 35.0 Å². The van der Waals surface area contributed by atoms with Crippen molar-refractivity contribution in [3.05, 3.63) is 15.4 Å². The van der Waals surface area contributed by atoms with E-state index in [0.29, 0.717) is 5.92 Å². The van der Waals surface area contributed by atoms with Crippen molar-refractivity contribution in [3.8, 4) is 0 Å². The molecule has 1 aromatic heterocycles. The van der Waals surface area contributed by atoms with E-state index in [9.17, 15) is 0 Å². The largest absolute Gasteiger partial charge is 0.390 e. The lowest BCUT2D eigenvalue weighted by Crippen LogP contribution is -2.07. The number of halogens is 1. The van der Waals surface area contributed by atoms with E-state index in [0.717, 1.165) is 22.6 Å². The highest BCUT2D eigenvalue weighted by molar-refractivity contribution is 9.10. The Kier molecular flexibility index (Phi) is 2.39. The van der Waals surface area contributed by atoms with Gasteiger partial charge in [-0.2, -0.15) is 0 Å². The molecule has 1 unspecified atom stereocenters. The van der Waals surface area contributed by atoms with E-state index < -0.39 is 0 Å². The first-order valence-corrected chi connectivity index (χ1v) is 5.64. The molecule has 66 valence electrons. The minimum Gasteiger partial charge on any atom is -0.390 e. The first kappa shape index (κ1) is 8.53. The van der Waals surface area contributed by atoms with Crippen molar-refractivity contribution in [1.82, 2.24) is 5.32 Å². The van der Waals surface area contributed by atoms with Gasteiger partial charge >= 0.3 is 0 Å². The maximum absolute atomic E-state index is 5.76. The molecule has 1 aliphatic rings. The third-order valence-corrected chi connectivity index (χ3v) is 4.24. The van der Waals surface area contributed by atoms with Crippen LogP contribution in [0.5, 0.6) is 0 Å². The van der Waals surface area contributed by atoms with Crippen LogP contribution in [0.1, 0.15) is 17.2 Å². The molecule has 3 N–H and O–H groups in total. The van der Waals surface area contributed by atoms with Crippen molar-refractivity contribution >= 4 is 32.3 Å². The predicted octanol–water partition coefficient (Wildman–Crippen LogP) is 2.17. The number of hydrogen-bond acceptors (Lipinski definition) is 3. The fourth-order valence-corrected chi connectivity index (χ4v) is 3.10. The number of hydrogen-bond donors (Lipinski definition) is 2. The second-order valence-corrected chi connectivity index (χ2v) is 5.02. The molecular formula is C8H11BrN2S. The molecule has 1 aliphatic heterocycles. The van der Waals surface area contributed by atoms with E-state index in [1.807, 2.05) is 0 Å². The van der Waals surface area contributed by atoms with Crippen LogP contribution in [-0.2, 0) is 0 Å². The van der Waals surface area contributed by atoms with Crippen molar-refractivity contribution < 1.29 is 0 Å². The molecule has 2 heterocycles. The zero-order valence-electron chi connectivity index (χ0n) is 6.64. The third kappa shape index (κ3) is 1.51. The van der Waals surface area contributed by atoms with Crippen molar-refractivity contribution in [3.63, 3.8) is 0 Å². The van der Waals surface area contributed by atoms with Gasteiger partial charge in [0.15, 0.2) is 0 Å². The molecule has 1 aromatic rings. The van der Waals surface area contributed by atoms with Gasteiger partial charge in [-0.25, -0.2) is 0 Å². The van der Waals surface area contributed by atoms with Crippen molar-refractivity contribution in [2.75, 3.05) is 18.8 Å². The first-order chi connectivity index (χ1) is 5.77. The summed E-state index contributed by atoms with van der Waals surface area (Å²) in [7, 11) is 0. The molecule has 2 nitrogen and oxygen atoms in total. The second kappa shape index (κ2) is 3.36. The molecule has 1 fully saturated rings. The molecule has 4 heteroatoms. The van der Waals surface area contributed by atoms with Gasteiger partial charge in [0, 0.05) is 17.3 Å². The first-order valence-electron chi connectivity index (χ1n) is 4.03. The molecule has 0 radical (unpaired) electrons. The Hall–Kier alpha value is -0.0600. The summed E-state index contributed by atoms with van der Waals surface area (Å²) in [6.45, 7) is 2.24. The van der Waals surface area contributed by atoms with E-state index >= 15 is 0 Å². The molecule has 1 atom stereocenters. The molecule has 0 aliphatic carbocycles. The second-order valence-electron chi connectivity index (χ2n) is 3.05. The van der Waals surface area contributed by atoms with Gasteiger partial charge in [0.05, 0.1) is 4.47 Å². The van der Waals surface area contributed by atoms with E-state index in [2.05, 4.69) is 27.3 Å². The van der Waals surface area contributed by atoms with Gasteiger partial charge in [-0.3, -0.25) is 0 Å². The maximum atomic E-state index is 5.76. The number of anilines is 1. The number of nitrogens with two attached hydrogens (primary N) is 1. The molecule has 12 heavy (non-hydrogen) atoms. The van der Waals surface area contributed by atoms with Crippen LogP contribution in [0.15, 0.2) is 10.5 Å². The zero-order chi connectivity index (χ0) is 8.55. The molecule has 2 rings (SSSR count). The quantitative estimate of drug-likeness (QED) is 0.798. The van der Waals surface area contributed by atoms with Crippen LogP contribution in [-0.4, -0.2) is 13.1 Å². The average Bonchev–Trinajstić information content (AvgIpc) is 2.61. The van der Waals surface area contributed by atoms with E-state index in [4.69, 9.17) is 5.73 Å². The molecule has 0 saturated carbocycles. The SMILES string of the molecule is Nc1sc(C2CCNC2)cc1Br. The number of nitrogen functional groups attached to an aromatic ring is 1. The van der Waals surface area contributed by atoms with Crippen LogP contribution in [0, 0.1) is 0 Å². The van der Waals surface area contributed by atoms with Crippen molar-refractivity contribution in [2.24, 2.45) is 0 Å². The van der Waals surface area contributed by atoms with E-state index in [1.165, 1.54) is 11.3 Å². The smallest absolute Gasteiger partial charge is 0.100 e. The molecule has 1 saturated heterocycles. The van der Waals surface area contributed by atoms with Gasteiger partial charge in [0.25, 0.3) is 0 Å².